The van der Waals surface area contributed by atoms with E-state index >= 15 is 0 Å². The van der Waals surface area contributed by atoms with Crippen molar-refractivity contribution in [1.82, 2.24) is 0 Å². The predicted octanol–water partition coefficient (Wildman–Crippen LogP) is 23.3. The van der Waals surface area contributed by atoms with E-state index in [1.807, 2.05) is 0 Å². The monoisotopic (exact) mass is 1080 g/mol. The topological polar surface area (TPSA) is 78.9 Å². The molecule has 6 heteroatoms. The van der Waals surface area contributed by atoms with Crippen LogP contribution in [0.1, 0.15) is 367 Å². The quantitative estimate of drug-likeness (QED) is 0.0261. The Morgan fingerprint density at radius 2 is 0.494 bits per heavy atom. The molecule has 77 heavy (non-hydrogen) atoms. The van der Waals surface area contributed by atoms with Gasteiger partial charge in [-0.3, -0.25) is 14.4 Å². The van der Waals surface area contributed by atoms with Gasteiger partial charge in [-0.15, -0.1) is 0 Å². The second-order valence-corrected chi connectivity index (χ2v) is 23.1. The number of allylic oxidation sites excluding steroid dienone is 8. The van der Waals surface area contributed by atoms with Crippen molar-refractivity contribution in [3.63, 3.8) is 0 Å². The minimum atomic E-state index is -0.776. The average molecular weight is 1080 g/mol. The van der Waals surface area contributed by atoms with Gasteiger partial charge in [0.15, 0.2) is 6.10 Å². The van der Waals surface area contributed by atoms with Crippen molar-refractivity contribution in [3.05, 3.63) is 48.6 Å². The van der Waals surface area contributed by atoms with Crippen LogP contribution in [0, 0.1) is 0 Å². The van der Waals surface area contributed by atoms with Gasteiger partial charge in [-0.2, -0.15) is 0 Å². The van der Waals surface area contributed by atoms with Crippen LogP contribution in [0.15, 0.2) is 48.6 Å². The Balaban J connectivity index is 4.18. The van der Waals surface area contributed by atoms with Crippen molar-refractivity contribution < 1.29 is 28.6 Å². The maximum absolute atomic E-state index is 12.9. The number of unbranched alkanes of at least 4 members (excludes halogenated alkanes) is 44. The largest absolute Gasteiger partial charge is 0.462 e. The van der Waals surface area contributed by atoms with Crippen LogP contribution >= 0.6 is 0 Å². The van der Waals surface area contributed by atoms with Crippen LogP contribution in [0.25, 0.3) is 0 Å². The molecule has 0 fully saturated rings. The predicted molar refractivity (Wildman–Crippen MR) is 335 cm³/mol. The van der Waals surface area contributed by atoms with Gasteiger partial charge < -0.3 is 14.2 Å². The summed E-state index contributed by atoms with van der Waals surface area (Å²) in [6.07, 6.45) is 82.8. The van der Waals surface area contributed by atoms with Crippen LogP contribution in [0.2, 0.25) is 0 Å². The van der Waals surface area contributed by atoms with Gasteiger partial charge in [-0.25, -0.2) is 0 Å². The summed E-state index contributed by atoms with van der Waals surface area (Å²) in [6, 6.07) is 0. The highest BCUT2D eigenvalue weighted by Crippen LogP contribution is 2.18. The Bertz CT molecular complexity index is 1330. The zero-order valence-corrected chi connectivity index (χ0v) is 51.7. The summed E-state index contributed by atoms with van der Waals surface area (Å²) in [5, 5.41) is 0. The maximum atomic E-state index is 12.9. The molecule has 0 aromatic carbocycles. The number of rotatable bonds is 63. The van der Waals surface area contributed by atoms with Gasteiger partial charge in [0.05, 0.1) is 0 Å². The smallest absolute Gasteiger partial charge is 0.306 e. The molecule has 0 saturated heterocycles. The molecule has 0 rings (SSSR count). The standard InChI is InChI=1S/C71H130O6/c1-4-7-10-13-16-19-22-25-27-29-30-31-32-33-34-35-36-37-38-39-40-42-43-46-49-52-55-58-61-64-70(73)76-67-68(66-75-69(72)63-60-57-54-51-48-45-24-21-18-15-12-9-6-3)77-71(74)65-62-59-56-53-50-47-44-41-28-26-23-20-17-14-11-8-5-2/h12,15,21-22,24-25,29-30,68H,4-11,13-14,16-20,23,26-28,31-67H2,1-3H3/b15-12-,24-21-,25-22-,30-29-. The van der Waals surface area contributed by atoms with E-state index in [0.29, 0.717) is 19.3 Å². The van der Waals surface area contributed by atoms with Crippen LogP contribution in [-0.4, -0.2) is 37.2 Å². The van der Waals surface area contributed by atoms with Crippen molar-refractivity contribution in [3.8, 4) is 0 Å². The van der Waals surface area contributed by atoms with E-state index < -0.39 is 6.10 Å². The van der Waals surface area contributed by atoms with Crippen LogP contribution < -0.4 is 0 Å². The van der Waals surface area contributed by atoms with Gasteiger partial charge in [0.1, 0.15) is 13.2 Å². The minimum Gasteiger partial charge on any atom is -0.462 e. The fourth-order valence-electron chi connectivity index (χ4n) is 10.2. The van der Waals surface area contributed by atoms with E-state index in [1.54, 1.807) is 0 Å². The summed E-state index contributed by atoms with van der Waals surface area (Å²) in [5.74, 6) is -0.863. The first-order valence-electron chi connectivity index (χ1n) is 34.1. The highest BCUT2D eigenvalue weighted by molar-refractivity contribution is 5.71. The molecular formula is C71H130O6. The van der Waals surface area contributed by atoms with Crippen molar-refractivity contribution in [2.45, 2.75) is 374 Å². The van der Waals surface area contributed by atoms with Gasteiger partial charge in [0.2, 0.25) is 0 Å². The molecule has 0 amide bonds. The summed E-state index contributed by atoms with van der Waals surface area (Å²) in [4.78, 5) is 38.3. The number of hydrogen-bond donors (Lipinski definition) is 0. The second kappa shape index (κ2) is 65.9. The highest BCUT2D eigenvalue weighted by Gasteiger charge is 2.19. The minimum absolute atomic E-state index is 0.0727. The molecule has 0 aliphatic heterocycles. The molecule has 0 saturated carbocycles. The second-order valence-electron chi connectivity index (χ2n) is 23.1. The van der Waals surface area contributed by atoms with E-state index in [0.717, 1.165) is 89.9 Å². The van der Waals surface area contributed by atoms with E-state index in [9.17, 15) is 14.4 Å². The zero-order chi connectivity index (χ0) is 55.7. The molecule has 0 aliphatic rings. The first-order valence-corrected chi connectivity index (χ1v) is 34.1. The van der Waals surface area contributed by atoms with Crippen LogP contribution in [-0.2, 0) is 28.6 Å². The Kier molecular flexibility index (Phi) is 63.6. The van der Waals surface area contributed by atoms with E-state index in [2.05, 4.69) is 69.4 Å². The zero-order valence-electron chi connectivity index (χ0n) is 51.7. The van der Waals surface area contributed by atoms with Crippen molar-refractivity contribution in [2.75, 3.05) is 13.2 Å². The van der Waals surface area contributed by atoms with E-state index in [-0.39, 0.29) is 31.1 Å². The Labute approximate surface area is 479 Å². The summed E-state index contributed by atoms with van der Waals surface area (Å²) in [5.41, 5.74) is 0. The fraction of sp³-hybridized carbons (Fsp3) is 0.845. The van der Waals surface area contributed by atoms with Gasteiger partial charge >= 0.3 is 17.9 Å². The number of hydrogen-bond acceptors (Lipinski definition) is 6. The van der Waals surface area contributed by atoms with Crippen molar-refractivity contribution in [1.29, 1.82) is 0 Å². The lowest BCUT2D eigenvalue weighted by Crippen LogP contribution is -2.30. The average Bonchev–Trinajstić information content (AvgIpc) is 3.43. The summed E-state index contributed by atoms with van der Waals surface area (Å²) in [6.45, 7) is 6.61. The third-order valence-electron chi connectivity index (χ3n) is 15.3. The van der Waals surface area contributed by atoms with Gasteiger partial charge in [0.25, 0.3) is 0 Å². The number of ether oxygens (including phenoxy) is 3. The SMILES string of the molecule is CCC/C=C\C/C=C\CCCCCCCC(=O)OCC(COC(=O)CCCCCCCCCCCCCCCCCCC/C=C\C/C=C\CCCCCCC)OC(=O)CCCCCCCCCCCCCCCCCCC. The normalized spacial score (nSPS) is 12.3. The lowest BCUT2D eigenvalue weighted by atomic mass is 10.0. The molecule has 450 valence electrons. The molecule has 0 spiro atoms. The fourth-order valence-corrected chi connectivity index (χ4v) is 10.2. The molecule has 0 aromatic rings. The van der Waals surface area contributed by atoms with Crippen LogP contribution in [0.5, 0.6) is 0 Å². The Hall–Kier alpha value is -2.63. The van der Waals surface area contributed by atoms with Gasteiger partial charge in [-0.05, 0) is 77.0 Å². The third-order valence-corrected chi connectivity index (χ3v) is 15.3. The molecule has 1 atom stereocenters. The van der Waals surface area contributed by atoms with Gasteiger partial charge in [0, 0.05) is 19.3 Å². The first kappa shape index (κ1) is 74.4. The molecule has 0 heterocycles. The number of carbonyl (C=O) groups excluding carboxylic acids is 3. The molecular weight excluding hydrogens is 949 g/mol. The molecule has 0 N–H and O–H groups in total. The lowest BCUT2D eigenvalue weighted by Gasteiger charge is -2.18. The van der Waals surface area contributed by atoms with Crippen LogP contribution in [0.3, 0.4) is 0 Å². The molecule has 0 aromatic heterocycles. The molecule has 0 radical (unpaired) electrons. The summed E-state index contributed by atoms with van der Waals surface area (Å²) in [7, 11) is 0. The molecule has 0 aliphatic carbocycles. The Morgan fingerprint density at radius 1 is 0.260 bits per heavy atom. The van der Waals surface area contributed by atoms with Crippen molar-refractivity contribution >= 4 is 17.9 Å². The molecule has 0 bridgehead atoms. The molecule has 1 unspecified atom stereocenters. The highest BCUT2D eigenvalue weighted by atomic mass is 16.6. The number of esters is 3. The van der Waals surface area contributed by atoms with E-state index in [4.69, 9.17) is 14.2 Å². The van der Waals surface area contributed by atoms with Crippen LogP contribution in [0.4, 0.5) is 0 Å². The summed E-state index contributed by atoms with van der Waals surface area (Å²) < 4.78 is 16.9. The maximum Gasteiger partial charge on any atom is 0.306 e. The summed E-state index contributed by atoms with van der Waals surface area (Å²) >= 11 is 0. The van der Waals surface area contributed by atoms with Crippen molar-refractivity contribution in [2.24, 2.45) is 0 Å². The molecule has 6 nitrogen and oxygen atoms in total. The first-order chi connectivity index (χ1) is 38.0. The lowest BCUT2D eigenvalue weighted by molar-refractivity contribution is -0.167. The van der Waals surface area contributed by atoms with E-state index in [1.165, 1.54) is 238 Å². The third kappa shape index (κ3) is 64.1. The Morgan fingerprint density at radius 3 is 0.766 bits per heavy atom. The number of carbonyl (C=O) groups is 3. The van der Waals surface area contributed by atoms with Gasteiger partial charge in [-0.1, -0.05) is 320 Å².